The summed E-state index contributed by atoms with van der Waals surface area (Å²) >= 11 is 0. The van der Waals surface area contributed by atoms with Gasteiger partial charge in [-0.25, -0.2) is 14.8 Å². The minimum absolute atomic E-state index is 0.428. The normalized spacial score (nSPS) is 18.1. The third-order valence-corrected chi connectivity index (χ3v) is 9.84. The molecule has 4 nitrogen and oxygen atoms in total. The highest BCUT2D eigenvalue weighted by Gasteiger charge is 2.57. The van der Waals surface area contributed by atoms with Gasteiger partial charge >= 0.3 is 5.97 Å². The number of nitrogens with zero attached hydrogens (tertiary/aromatic N) is 2. The Balaban J connectivity index is 2.03. The van der Waals surface area contributed by atoms with E-state index in [9.17, 15) is 4.79 Å². The van der Waals surface area contributed by atoms with Crippen LogP contribution in [0.3, 0.4) is 0 Å². The van der Waals surface area contributed by atoms with Crippen molar-refractivity contribution in [1.29, 1.82) is 0 Å². The number of carbonyl (C=O) groups is 1. The lowest BCUT2D eigenvalue weighted by molar-refractivity contribution is -0.145. The zero-order valence-corrected chi connectivity index (χ0v) is 18.0. The van der Waals surface area contributed by atoms with E-state index in [2.05, 4.69) is 41.4 Å². The van der Waals surface area contributed by atoms with Gasteiger partial charge in [0.05, 0.1) is 12.8 Å². The number of esters is 1. The summed E-state index contributed by atoms with van der Waals surface area (Å²) in [5.74, 6) is -0.428. The van der Waals surface area contributed by atoms with Crippen LogP contribution in [-0.4, -0.2) is 36.8 Å². The molecule has 30 heavy (non-hydrogen) atoms. The zero-order valence-electron chi connectivity index (χ0n) is 17.1. The number of ether oxygens (including phenoxy) is 1. The van der Waals surface area contributed by atoms with Crippen molar-refractivity contribution in [3.63, 3.8) is 0 Å². The van der Waals surface area contributed by atoms with E-state index in [1.54, 1.807) is 6.21 Å². The van der Waals surface area contributed by atoms with Gasteiger partial charge in [0.2, 0.25) is 0 Å². The summed E-state index contributed by atoms with van der Waals surface area (Å²) in [5, 5.41) is 3.54. The van der Waals surface area contributed by atoms with Crippen molar-refractivity contribution in [2.75, 3.05) is 13.3 Å². The first-order chi connectivity index (χ1) is 14.6. The van der Waals surface area contributed by atoms with E-state index in [0.29, 0.717) is 6.16 Å². The van der Waals surface area contributed by atoms with Crippen molar-refractivity contribution >= 4 is 41.1 Å². The van der Waals surface area contributed by atoms with Gasteiger partial charge in [0, 0.05) is 6.21 Å². The molecule has 1 aliphatic heterocycles. The lowest BCUT2D eigenvalue weighted by Crippen LogP contribution is -2.46. The average molecular weight is 415 g/mol. The number of carbonyl (C=O) groups excluding carboxylic acids is 1. The van der Waals surface area contributed by atoms with E-state index in [4.69, 9.17) is 9.73 Å². The first-order valence-electron chi connectivity index (χ1n) is 9.86. The van der Waals surface area contributed by atoms with Crippen molar-refractivity contribution in [3.05, 3.63) is 91.0 Å². The largest absolute Gasteiger partial charge is 0.466 e. The third kappa shape index (κ3) is 3.48. The Bertz CT molecular complexity index is 985. The summed E-state index contributed by atoms with van der Waals surface area (Å²) in [6.07, 6.45) is 2.10. The SMILES string of the molecule is COC(=O)C1(C[P+](c2ccccc2)(c2ccccc2)c2ccccc2)N=CC(C)=N1. The van der Waals surface area contributed by atoms with Gasteiger partial charge in [-0.05, 0) is 43.3 Å². The minimum Gasteiger partial charge on any atom is -0.466 e. The molecule has 0 bridgehead atoms. The number of rotatable bonds is 6. The van der Waals surface area contributed by atoms with Gasteiger partial charge in [-0.15, -0.1) is 0 Å². The number of aliphatic imine (C=N–C) groups is 2. The molecule has 150 valence electrons. The fourth-order valence-corrected chi connectivity index (χ4v) is 8.48. The molecule has 0 amide bonds. The molecule has 0 aliphatic carbocycles. The van der Waals surface area contributed by atoms with Gasteiger partial charge in [-0.1, -0.05) is 54.6 Å². The Morgan fingerprint density at radius 2 is 1.27 bits per heavy atom. The van der Waals surface area contributed by atoms with E-state index < -0.39 is 18.9 Å². The molecule has 0 fully saturated rings. The second kappa shape index (κ2) is 8.33. The first kappa shape index (κ1) is 20.2. The summed E-state index contributed by atoms with van der Waals surface area (Å²) in [5.41, 5.74) is -0.554. The van der Waals surface area contributed by atoms with Gasteiger partial charge in [0.25, 0.3) is 5.66 Å². The molecular weight excluding hydrogens is 391 g/mol. The first-order valence-corrected chi connectivity index (χ1v) is 11.8. The van der Waals surface area contributed by atoms with E-state index >= 15 is 0 Å². The van der Waals surface area contributed by atoms with Crippen LogP contribution in [0, 0.1) is 0 Å². The lowest BCUT2D eigenvalue weighted by Gasteiger charge is -2.32. The summed E-state index contributed by atoms with van der Waals surface area (Å²) in [4.78, 5) is 22.3. The van der Waals surface area contributed by atoms with E-state index in [-0.39, 0.29) is 0 Å². The fourth-order valence-electron chi connectivity index (χ4n) is 4.05. The average Bonchev–Trinajstić information content (AvgIpc) is 3.20. The molecule has 0 saturated carbocycles. The van der Waals surface area contributed by atoms with Crippen LogP contribution in [0.15, 0.2) is 101 Å². The van der Waals surface area contributed by atoms with E-state index in [1.165, 1.54) is 23.0 Å². The van der Waals surface area contributed by atoms with Crippen LogP contribution < -0.4 is 15.9 Å². The molecule has 1 aliphatic rings. The monoisotopic (exact) mass is 415 g/mol. The molecule has 3 aromatic carbocycles. The molecule has 3 aromatic rings. The third-order valence-electron chi connectivity index (χ3n) is 5.39. The predicted molar refractivity (Wildman–Crippen MR) is 126 cm³/mol. The zero-order chi connectivity index (χ0) is 21.0. The summed E-state index contributed by atoms with van der Waals surface area (Å²) < 4.78 is 5.20. The molecular formula is C25H24N2O2P+. The fraction of sp³-hybridized carbons (Fsp3) is 0.160. The second-order valence-corrected chi connectivity index (χ2v) is 10.8. The van der Waals surface area contributed by atoms with Gasteiger partial charge < -0.3 is 4.74 Å². The summed E-state index contributed by atoms with van der Waals surface area (Å²) in [7, 11) is -0.884. The lowest BCUT2D eigenvalue weighted by atomic mass is 10.2. The van der Waals surface area contributed by atoms with Crippen LogP contribution in [0.25, 0.3) is 0 Å². The van der Waals surface area contributed by atoms with Gasteiger partial charge in [-0.2, -0.15) is 0 Å². The second-order valence-electron chi connectivity index (χ2n) is 7.29. The van der Waals surface area contributed by atoms with Crippen molar-refractivity contribution in [2.45, 2.75) is 12.6 Å². The number of hydrogen-bond acceptors (Lipinski definition) is 4. The van der Waals surface area contributed by atoms with Crippen LogP contribution in [0.1, 0.15) is 6.92 Å². The minimum atomic E-state index is -2.28. The summed E-state index contributed by atoms with van der Waals surface area (Å²) in [6, 6.07) is 31.2. The molecule has 5 heteroatoms. The van der Waals surface area contributed by atoms with Crippen molar-refractivity contribution in [2.24, 2.45) is 9.98 Å². The van der Waals surface area contributed by atoms with Crippen LogP contribution in [0.2, 0.25) is 0 Å². The molecule has 0 aromatic heterocycles. The van der Waals surface area contributed by atoms with Crippen molar-refractivity contribution < 1.29 is 9.53 Å². The van der Waals surface area contributed by atoms with Crippen LogP contribution in [0.4, 0.5) is 0 Å². The highest BCUT2D eigenvalue weighted by atomic mass is 31.2. The Hall–Kier alpha value is -3.10. The highest BCUT2D eigenvalue weighted by molar-refractivity contribution is 7.95. The molecule has 4 rings (SSSR count). The standard InChI is InChI=1S/C25H24N2O2P/c1-20-18-26-25(27-20,24(28)29-2)19-30(21-12-6-3-7-13-21,22-14-8-4-9-15-22)23-16-10-5-11-17-23/h3-18H,19H2,1-2H3/q+1. The number of methoxy groups -OCH3 is 1. The van der Waals surface area contributed by atoms with Gasteiger partial charge in [0.1, 0.15) is 29.3 Å². The molecule has 0 N–H and O–H groups in total. The highest BCUT2D eigenvalue weighted by Crippen LogP contribution is 2.58. The van der Waals surface area contributed by atoms with Crippen molar-refractivity contribution in [1.82, 2.24) is 0 Å². The molecule has 0 spiro atoms. The van der Waals surface area contributed by atoms with Gasteiger partial charge in [-0.3, -0.25) is 0 Å². The Morgan fingerprint density at radius 1 is 0.833 bits per heavy atom. The Labute approximate surface area is 177 Å². The summed E-state index contributed by atoms with van der Waals surface area (Å²) in [6.45, 7) is 1.86. The smallest absolute Gasteiger partial charge is 0.360 e. The molecule has 1 unspecified atom stereocenters. The Kier molecular flexibility index (Phi) is 5.61. The number of benzene rings is 3. The maximum Gasteiger partial charge on any atom is 0.360 e. The topological polar surface area (TPSA) is 51.0 Å². The Morgan fingerprint density at radius 3 is 1.60 bits per heavy atom. The number of hydrogen-bond donors (Lipinski definition) is 0. The van der Waals surface area contributed by atoms with E-state index in [0.717, 1.165) is 5.71 Å². The maximum atomic E-state index is 13.0. The molecule has 1 heterocycles. The molecule has 1 atom stereocenters. The predicted octanol–water partition coefficient (Wildman–Crippen LogP) is 3.40. The molecule has 0 radical (unpaired) electrons. The van der Waals surface area contributed by atoms with Gasteiger partial charge in [0.15, 0.2) is 0 Å². The van der Waals surface area contributed by atoms with Crippen LogP contribution in [0.5, 0.6) is 0 Å². The van der Waals surface area contributed by atoms with E-state index in [1.807, 2.05) is 61.5 Å². The van der Waals surface area contributed by atoms with Crippen LogP contribution >= 0.6 is 7.26 Å². The van der Waals surface area contributed by atoms with Crippen LogP contribution in [-0.2, 0) is 9.53 Å². The quantitative estimate of drug-likeness (QED) is 0.458. The molecule has 0 saturated heterocycles. The van der Waals surface area contributed by atoms with Crippen molar-refractivity contribution in [3.8, 4) is 0 Å². The maximum absolute atomic E-state index is 13.0.